The second-order valence-corrected chi connectivity index (χ2v) is 14.4. The summed E-state index contributed by atoms with van der Waals surface area (Å²) >= 11 is 12.4. The van der Waals surface area contributed by atoms with Crippen LogP contribution < -0.4 is 20.7 Å². The van der Waals surface area contributed by atoms with Crippen molar-refractivity contribution >= 4 is 54.2 Å². The van der Waals surface area contributed by atoms with E-state index in [1.807, 2.05) is 0 Å². The van der Waals surface area contributed by atoms with Gasteiger partial charge in [0.05, 0.1) is 38.7 Å². The molecule has 1 aliphatic rings. The van der Waals surface area contributed by atoms with Gasteiger partial charge in [0.2, 0.25) is 0 Å². The van der Waals surface area contributed by atoms with Gasteiger partial charge in [-0.3, -0.25) is 14.3 Å². The third kappa shape index (κ3) is 6.69. The van der Waals surface area contributed by atoms with Crippen LogP contribution in [-0.4, -0.2) is 63.2 Å². The van der Waals surface area contributed by atoms with E-state index in [-0.39, 0.29) is 46.4 Å². The molecule has 1 atom stereocenters. The van der Waals surface area contributed by atoms with Crippen molar-refractivity contribution in [1.29, 1.82) is 0 Å². The molecule has 1 aliphatic heterocycles. The van der Waals surface area contributed by atoms with E-state index in [4.69, 9.17) is 23.2 Å². The molecular weight excluding hydrogens is 646 g/mol. The number of hydrogen-bond acceptors (Lipinski definition) is 7. The topological polar surface area (TPSA) is 150 Å². The molecule has 3 aromatic rings. The number of alkyl halides is 3. The Labute approximate surface area is 248 Å². The van der Waals surface area contributed by atoms with E-state index in [0.717, 1.165) is 0 Å². The molecule has 0 aliphatic carbocycles. The van der Waals surface area contributed by atoms with Crippen LogP contribution in [0.3, 0.4) is 0 Å². The molecule has 1 saturated heterocycles. The van der Waals surface area contributed by atoms with E-state index in [1.165, 1.54) is 32.2 Å². The summed E-state index contributed by atoms with van der Waals surface area (Å²) in [5.74, 6) is -0.281. The molecule has 230 valence electrons. The summed E-state index contributed by atoms with van der Waals surface area (Å²) in [6.07, 6.45) is -4.61. The summed E-state index contributed by atoms with van der Waals surface area (Å²) in [6.45, 7) is 0.825. The van der Waals surface area contributed by atoms with E-state index in [9.17, 15) is 39.6 Å². The van der Waals surface area contributed by atoms with E-state index < -0.39 is 71.6 Å². The molecule has 0 unspecified atom stereocenters. The van der Waals surface area contributed by atoms with E-state index in [0.29, 0.717) is 17.1 Å². The zero-order valence-corrected chi connectivity index (χ0v) is 25.3. The zero-order chi connectivity index (χ0) is 31.2. The van der Waals surface area contributed by atoms with Crippen molar-refractivity contribution in [2.75, 3.05) is 25.9 Å². The maximum atomic E-state index is 14.3. The largest absolute Gasteiger partial charge is 0.416 e. The Morgan fingerprint density at radius 1 is 1.10 bits per heavy atom. The predicted molar refractivity (Wildman–Crippen MR) is 152 cm³/mol. The molecule has 0 bridgehead atoms. The van der Waals surface area contributed by atoms with Gasteiger partial charge >= 0.3 is 11.9 Å². The number of fused-ring (bicyclic) bond motifs is 1. The standard InChI is InChI=1S/C24H26Cl2F3N5O6S2/c1-3-41(37,38)19-5-4-14(25)8-13(19)10-34-22(35)16-9-18(24(27,28)29)17(20(26)21(16)31-23(34)36)12-33-7-6-15(11-33)32-42(39,40)30-2/h4-5,8-9,15,30,32H,3,6-7,10-12H2,1-2H3,(H,31,36)/t15-/m1/s1. The van der Waals surface area contributed by atoms with Crippen LogP contribution in [0.5, 0.6) is 0 Å². The molecule has 0 saturated carbocycles. The molecule has 3 N–H and O–H groups in total. The highest BCUT2D eigenvalue weighted by molar-refractivity contribution is 7.91. The van der Waals surface area contributed by atoms with Gasteiger partial charge in [0, 0.05) is 37.7 Å². The highest BCUT2D eigenvalue weighted by Gasteiger charge is 2.37. The number of nitrogens with one attached hydrogen (secondary N) is 3. The van der Waals surface area contributed by atoms with E-state index in [2.05, 4.69) is 14.4 Å². The van der Waals surface area contributed by atoms with Gasteiger partial charge in [0.1, 0.15) is 0 Å². The summed E-state index contributed by atoms with van der Waals surface area (Å²) in [7, 11) is -6.35. The van der Waals surface area contributed by atoms with Crippen molar-refractivity contribution in [3.63, 3.8) is 0 Å². The average Bonchev–Trinajstić information content (AvgIpc) is 3.33. The number of rotatable bonds is 9. The molecule has 1 fully saturated rings. The van der Waals surface area contributed by atoms with Gasteiger partial charge in [-0.05, 0) is 41.8 Å². The van der Waals surface area contributed by atoms with Crippen molar-refractivity contribution in [2.24, 2.45) is 0 Å². The number of hydrogen-bond donors (Lipinski definition) is 3. The average molecular weight is 673 g/mol. The summed E-state index contributed by atoms with van der Waals surface area (Å²) in [5.41, 5.74) is -4.05. The van der Waals surface area contributed by atoms with Crippen LogP contribution in [0.25, 0.3) is 10.9 Å². The first kappa shape index (κ1) is 32.4. The van der Waals surface area contributed by atoms with Gasteiger partial charge in [-0.1, -0.05) is 30.1 Å². The number of halogens is 5. The Kier molecular flexibility index (Phi) is 9.19. The van der Waals surface area contributed by atoms with Gasteiger partial charge in [-0.25, -0.2) is 17.9 Å². The van der Waals surface area contributed by atoms with E-state index in [1.54, 1.807) is 4.90 Å². The van der Waals surface area contributed by atoms with Crippen molar-refractivity contribution in [3.8, 4) is 0 Å². The molecule has 0 radical (unpaired) electrons. The summed E-state index contributed by atoms with van der Waals surface area (Å²) in [6, 6.07) is 3.86. The zero-order valence-electron chi connectivity index (χ0n) is 22.2. The number of nitrogens with zero attached hydrogens (tertiary/aromatic N) is 2. The lowest BCUT2D eigenvalue weighted by atomic mass is 10.0. The summed E-state index contributed by atoms with van der Waals surface area (Å²) < 4.78 is 96.7. The van der Waals surface area contributed by atoms with Crippen LogP contribution in [-0.2, 0) is 39.3 Å². The Morgan fingerprint density at radius 3 is 2.40 bits per heavy atom. The molecule has 2 heterocycles. The van der Waals surface area contributed by atoms with E-state index >= 15 is 0 Å². The maximum Gasteiger partial charge on any atom is 0.416 e. The van der Waals surface area contributed by atoms with Crippen LogP contribution in [0.4, 0.5) is 13.2 Å². The first-order valence-corrected chi connectivity index (χ1v) is 16.4. The molecule has 42 heavy (non-hydrogen) atoms. The van der Waals surface area contributed by atoms with Crippen LogP contribution in [0.15, 0.2) is 38.8 Å². The minimum absolute atomic E-state index is 0.00699. The van der Waals surface area contributed by atoms with Gasteiger partial charge < -0.3 is 4.98 Å². The third-order valence-corrected chi connectivity index (χ3v) is 10.6. The fourth-order valence-electron chi connectivity index (χ4n) is 4.82. The molecule has 18 heteroatoms. The van der Waals surface area contributed by atoms with Crippen molar-refractivity contribution in [1.82, 2.24) is 23.9 Å². The fraction of sp³-hybridized carbons (Fsp3) is 0.417. The lowest BCUT2D eigenvalue weighted by molar-refractivity contribution is -0.138. The first-order valence-electron chi connectivity index (χ1n) is 12.5. The SMILES string of the molecule is CCS(=O)(=O)c1ccc(Cl)cc1Cn1c(=O)[nH]c2c(Cl)c(CN3CC[C@@H](NS(=O)(=O)NC)C3)c(C(F)(F)F)cc2c1=O. The fourth-order valence-corrected chi connectivity index (χ4v) is 7.18. The molecule has 4 rings (SSSR count). The molecule has 2 aromatic carbocycles. The van der Waals surface area contributed by atoms with Crippen LogP contribution in [0.1, 0.15) is 30.0 Å². The monoisotopic (exact) mass is 671 g/mol. The van der Waals surface area contributed by atoms with Crippen molar-refractivity contribution < 1.29 is 30.0 Å². The smallest absolute Gasteiger partial charge is 0.305 e. The normalized spacial score (nSPS) is 16.9. The molecule has 0 amide bonds. The van der Waals surface area contributed by atoms with Gasteiger partial charge in [0.25, 0.3) is 15.8 Å². The maximum absolute atomic E-state index is 14.3. The summed E-state index contributed by atoms with van der Waals surface area (Å²) in [5, 5.41) is -0.892. The van der Waals surface area contributed by atoms with Gasteiger partial charge in [-0.15, -0.1) is 0 Å². The number of sulfone groups is 1. The van der Waals surface area contributed by atoms with Crippen LogP contribution >= 0.6 is 23.2 Å². The number of H-pyrrole nitrogens is 1. The second kappa shape index (κ2) is 11.9. The lowest BCUT2D eigenvalue weighted by Crippen LogP contribution is -2.42. The Bertz CT molecular complexity index is 1880. The van der Waals surface area contributed by atoms with Gasteiger partial charge in [-0.2, -0.15) is 26.3 Å². The quantitative estimate of drug-likeness (QED) is 0.316. The third-order valence-electron chi connectivity index (χ3n) is 6.94. The molecule has 0 spiro atoms. The van der Waals surface area contributed by atoms with Crippen molar-refractivity contribution in [3.05, 3.63) is 71.8 Å². The first-order chi connectivity index (χ1) is 19.5. The predicted octanol–water partition coefficient (Wildman–Crippen LogP) is 2.49. The highest BCUT2D eigenvalue weighted by Crippen LogP contribution is 2.39. The minimum Gasteiger partial charge on any atom is -0.305 e. The lowest BCUT2D eigenvalue weighted by Gasteiger charge is -2.22. The van der Waals surface area contributed by atoms with Crippen LogP contribution in [0, 0.1) is 0 Å². The number of benzene rings is 2. The molecular formula is C24H26Cl2F3N5O6S2. The number of aromatic amines is 1. The molecule has 11 nitrogen and oxygen atoms in total. The Morgan fingerprint density at radius 2 is 1.79 bits per heavy atom. The number of likely N-dealkylation sites (tertiary alicyclic amines) is 1. The van der Waals surface area contributed by atoms with Gasteiger partial charge in [0.15, 0.2) is 9.84 Å². The number of aromatic nitrogens is 2. The van der Waals surface area contributed by atoms with Crippen LogP contribution in [0.2, 0.25) is 10.0 Å². The summed E-state index contributed by atoms with van der Waals surface area (Å²) in [4.78, 5) is 30.2. The second-order valence-electron chi connectivity index (χ2n) is 9.66. The van der Waals surface area contributed by atoms with Crippen molar-refractivity contribution in [2.45, 2.75) is 43.5 Å². The Hall–Kier alpha value is -2.47. The minimum atomic E-state index is -4.94. The highest BCUT2D eigenvalue weighted by atomic mass is 35.5. The Balaban J connectivity index is 1.80. The molecule has 1 aromatic heterocycles.